The second kappa shape index (κ2) is 7.00. The Morgan fingerprint density at radius 3 is 2.67 bits per heavy atom. The van der Waals surface area contributed by atoms with Crippen LogP contribution in [0.25, 0.3) is 11.4 Å². The fourth-order valence-corrected chi connectivity index (χ4v) is 3.21. The number of aromatic nitrogens is 3. The van der Waals surface area contributed by atoms with E-state index < -0.39 is 0 Å². The summed E-state index contributed by atoms with van der Waals surface area (Å²) in [5.41, 5.74) is 1.11. The Bertz CT molecular complexity index is 867. The lowest BCUT2D eigenvalue weighted by Gasteiger charge is -2.08. The SMILES string of the molecule is COc1ccc(F)cc1CSc1nnc(-c2ccccc2F)n1C. The van der Waals surface area contributed by atoms with Gasteiger partial charge in [0.2, 0.25) is 0 Å². The molecule has 24 heavy (non-hydrogen) atoms. The number of benzene rings is 2. The molecule has 0 aliphatic carbocycles. The lowest BCUT2D eigenvalue weighted by molar-refractivity contribution is 0.410. The molecule has 0 atom stereocenters. The molecule has 0 bridgehead atoms. The van der Waals surface area contributed by atoms with Gasteiger partial charge in [0, 0.05) is 18.4 Å². The molecule has 2 aromatic carbocycles. The van der Waals surface area contributed by atoms with Crippen molar-refractivity contribution >= 4 is 11.8 Å². The maximum atomic E-state index is 13.9. The van der Waals surface area contributed by atoms with Crippen LogP contribution in [0.2, 0.25) is 0 Å². The maximum absolute atomic E-state index is 13.9. The first-order valence-corrected chi connectivity index (χ1v) is 8.18. The molecule has 0 spiro atoms. The van der Waals surface area contributed by atoms with Gasteiger partial charge in [0.05, 0.1) is 12.7 Å². The van der Waals surface area contributed by atoms with Crippen molar-refractivity contribution in [2.45, 2.75) is 10.9 Å². The van der Waals surface area contributed by atoms with E-state index in [1.807, 2.05) is 0 Å². The highest BCUT2D eigenvalue weighted by Gasteiger charge is 2.15. The maximum Gasteiger partial charge on any atom is 0.191 e. The smallest absolute Gasteiger partial charge is 0.191 e. The molecule has 7 heteroatoms. The Kier molecular flexibility index (Phi) is 4.80. The number of hydrogen-bond donors (Lipinski definition) is 0. The van der Waals surface area contributed by atoms with E-state index in [2.05, 4.69) is 10.2 Å². The quantitative estimate of drug-likeness (QED) is 0.653. The molecular formula is C17H15F2N3OS. The normalized spacial score (nSPS) is 10.8. The first-order chi connectivity index (χ1) is 11.6. The van der Waals surface area contributed by atoms with E-state index in [0.29, 0.717) is 28.0 Å². The van der Waals surface area contributed by atoms with Crippen molar-refractivity contribution < 1.29 is 13.5 Å². The molecule has 0 saturated carbocycles. The first kappa shape index (κ1) is 16.4. The van der Waals surface area contributed by atoms with E-state index in [9.17, 15) is 8.78 Å². The van der Waals surface area contributed by atoms with Gasteiger partial charge >= 0.3 is 0 Å². The average Bonchev–Trinajstić information content (AvgIpc) is 2.94. The Labute approximate surface area is 142 Å². The van der Waals surface area contributed by atoms with Gasteiger partial charge in [-0.1, -0.05) is 23.9 Å². The van der Waals surface area contributed by atoms with E-state index in [4.69, 9.17) is 4.74 Å². The molecule has 0 radical (unpaired) electrons. The number of nitrogens with zero attached hydrogens (tertiary/aromatic N) is 3. The summed E-state index contributed by atoms with van der Waals surface area (Å²) in [6, 6.07) is 10.8. The van der Waals surface area contributed by atoms with Crippen molar-refractivity contribution in [1.29, 1.82) is 0 Å². The Hall–Kier alpha value is -2.41. The van der Waals surface area contributed by atoms with Gasteiger partial charge in [-0.2, -0.15) is 0 Å². The monoisotopic (exact) mass is 347 g/mol. The van der Waals surface area contributed by atoms with Gasteiger partial charge in [0.25, 0.3) is 0 Å². The highest BCUT2D eigenvalue weighted by atomic mass is 32.2. The third-order valence-corrected chi connectivity index (χ3v) is 4.62. The number of thioether (sulfide) groups is 1. The fourth-order valence-electron chi connectivity index (χ4n) is 2.32. The molecule has 0 N–H and O–H groups in total. The Morgan fingerprint density at radius 2 is 1.92 bits per heavy atom. The van der Waals surface area contributed by atoms with Crippen LogP contribution in [0.5, 0.6) is 5.75 Å². The van der Waals surface area contributed by atoms with Crippen LogP contribution in [0.15, 0.2) is 47.6 Å². The Balaban J connectivity index is 1.83. The van der Waals surface area contributed by atoms with Crippen LogP contribution in [0, 0.1) is 11.6 Å². The van der Waals surface area contributed by atoms with Crippen LogP contribution in [-0.2, 0) is 12.8 Å². The molecule has 124 valence electrons. The van der Waals surface area contributed by atoms with Crippen molar-refractivity contribution in [3.8, 4) is 17.1 Å². The van der Waals surface area contributed by atoms with E-state index >= 15 is 0 Å². The third-order valence-electron chi connectivity index (χ3n) is 3.55. The first-order valence-electron chi connectivity index (χ1n) is 7.19. The van der Waals surface area contributed by atoms with Crippen molar-refractivity contribution in [2.75, 3.05) is 7.11 Å². The number of methoxy groups -OCH3 is 1. The minimum atomic E-state index is -0.351. The molecule has 0 amide bonds. The molecule has 0 saturated heterocycles. The summed E-state index contributed by atoms with van der Waals surface area (Å²) in [7, 11) is 3.31. The van der Waals surface area contributed by atoms with E-state index in [1.54, 1.807) is 43.0 Å². The molecule has 0 fully saturated rings. The van der Waals surface area contributed by atoms with Crippen LogP contribution in [0.1, 0.15) is 5.56 Å². The third kappa shape index (κ3) is 3.26. The van der Waals surface area contributed by atoms with Crippen molar-refractivity contribution in [1.82, 2.24) is 14.8 Å². The summed E-state index contributed by atoms with van der Waals surface area (Å²) in [6.45, 7) is 0. The summed E-state index contributed by atoms with van der Waals surface area (Å²) in [5, 5.41) is 8.78. The van der Waals surface area contributed by atoms with Crippen LogP contribution in [0.4, 0.5) is 8.78 Å². The lowest BCUT2D eigenvalue weighted by atomic mass is 10.2. The highest BCUT2D eigenvalue weighted by molar-refractivity contribution is 7.98. The molecule has 3 aromatic rings. The molecule has 4 nitrogen and oxygen atoms in total. The zero-order valence-electron chi connectivity index (χ0n) is 13.2. The summed E-state index contributed by atoms with van der Waals surface area (Å²) in [4.78, 5) is 0. The zero-order valence-corrected chi connectivity index (χ0v) is 14.0. The molecule has 0 aliphatic rings. The predicted octanol–water partition coefficient (Wildman–Crippen LogP) is 4.06. The van der Waals surface area contributed by atoms with Gasteiger partial charge in [0.1, 0.15) is 17.4 Å². The van der Waals surface area contributed by atoms with Crippen LogP contribution < -0.4 is 4.74 Å². The molecule has 3 rings (SSSR count). The molecule has 1 aromatic heterocycles. The van der Waals surface area contributed by atoms with E-state index in [-0.39, 0.29) is 11.6 Å². The number of ether oxygens (including phenoxy) is 1. The number of rotatable bonds is 5. The number of hydrogen-bond acceptors (Lipinski definition) is 4. The summed E-state index contributed by atoms with van der Waals surface area (Å²) >= 11 is 1.38. The predicted molar refractivity (Wildman–Crippen MR) is 88.9 cm³/mol. The zero-order chi connectivity index (χ0) is 17.1. The van der Waals surface area contributed by atoms with Crippen molar-refractivity contribution in [3.63, 3.8) is 0 Å². The minimum Gasteiger partial charge on any atom is -0.496 e. The van der Waals surface area contributed by atoms with Gasteiger partial charge in [-0.15, -0.1) is 10.2 Å². The average molecular weight is 347 g/mol. The second-order valence-electron chi connectivity index (χ2n) is 5.09. The second-order valence-corrected chi connectivity index (χ2v) is 6.03. The summed E-state index contributed by atoms with van der Waals surface area (Å²) < 4.78 is 34.3. The topological polar surface area (TPSA) is 39.9 Å². The summed E-state index contributed by atoms with van der Waals surface area (Å²) in [6.07, 6.45) is 0. The largest absolute Gasteiger partial charge is 0.496 e. The molecule has 0 unspecified atom stereocenters. The van der Waals surface area contributed by atoms with E-state index in [1.165, 1.54) is 30.0 Å². The lowest BCUT2D eigenvalue weighted by Crippen LogP contribution is -1.97. The number of halogens is 2. The molecule has 1 heterocycles. The van der Waals surface area contributed by atoms with E-state index in [0.717, 1.165) is 5.56 Å². The standard InChI is InChI=1S/C17H15F2N3OS/c1-22-16(13-5-3-4-6-14(13)19)20-21-17(22)24-10-11-9-12(18)7-8-15(11)23-2/h3-9H,10H2,1-2H3. The van der Waals surface area contributed by atoms with Crippen LogP contribution in [0.3, 0.4) is 0 Å². The molecule has 0 aliphatic heterocycles. The highest BCUT2D eigenvalue weighted by Crippen LogP contribution is 2.29. The van der Waals surface area contributed by atoms with Crippen LogP contribution in [-0.4, -0.2) is 21.9 Å². The molecular weight excluding hydrogens is 332 g/mol. The van der Waals surface area contributed by atoms with Crippen molar-refractivity contribution in [2.24, 2.45) is 7.05 Å². The fraction of sp³-hybridized carbons (Fsp3) is 0.176. The minimum absolute atomic E-state index is 0.323. The van der Waals surface area contributed by atoms with Gasteiger partial charge < -0.3 is 9.30 Å². The van der Waals surface area contributed by atoms with Crippen LogP contribution >= 0.6 is 11.8 Å². The van der Waals surface area contributed by atoms with Gasteiger partial charge in [-0.05, 0) is 30.3 Å². The van der Waals surface area contributed by atoms with Gasteiger partial charge in [0.15, 0.2) is 11.0 Å². The van der Waals surface area contributed by atoms with Gasteiger partial charge in [-0.25, -0.2) is 8.78 Å². The Morgan fingerprint density at radius 1 is 1.12 bits per heavy atom. The summed E-state index contributed by atoms with van der Waals surface area (Å²) in [5.74, 6) is 0.847. The van der Waals surface area contributed by atoms with Crippen molar-refractivity contribution in [3.05, 3.63) is 59.7 Å². The van der Waals surface area contributed by atoms with Gasteiger partial charge in [-0.3, -0.25) is 0 Å².